The number of aryl methyl sites for hydroxylation is 1. The molecule has 0 bridgehead atoms. The molecule has 1 unspecified atom stereocenters. The van der Waals surface area contributed by atoms with Crippen molar-refractivity contribution in [1.82, 2.24) is 15.3 Å². The molecule has 0 fully saturated rings. The van der Waals surface area contributed by atoms with E-state index < -0.39 is 12.1 Å². The van der Waals surface area contributed by atoms with Crippen molar-refractivity contribution >= 4 is 22.6 Å². The third kappa shape index (κ3) is 4.19. The van der Waals surface area contributed by atoms with Crippen LogP contribution in [0.1, 0.15) is 22.5 Å². The smallest absolute Gasteiger partial charge is 0.275 e. The Kier molecular flexibility index (Phi) is 5.50. The monoisotopic (exact) mass is 354 g/mol. The second-order valence-corrected chi connectivity index (χ2v) is 5.85. The lowest BCUT2D eigenvalue weighted by Gasteiger charge is -2.11. The summed E-state index contributed by atoms with van der Waals surface area (Å²) in [7, 11) is 1.63. The van der Waals surface area contributed by atoms with Gasteiger partial charge in [0, 0.05) is 5.69 Å². The summed E-state index contributed by atoms with van der Waals surface area (Å²) in [6.07, 6.45) is 1.40. The summed E-state index contributed by atoms with van der Waals surface area (Å²) in [5.74, 6) is -0.798. The highest BCUT2D eigenvalue weighted by Crippen LogP contribution is 2.18. The van der Waals surface area contributed by atoms with Crippen LogP contribution >= 0.6 is 0 Å². The van der Waals surface area contributed by atoms with Crippen molar-refractivity contribution in [2.24, 2.45) is 0 Å². The first kappa shape index (κ1) is 17.9. The Morgan fingerprint density at radius 2 is 2.00 bits per heavy atom. The van der Waals surface area contributed by atoms with Gasteiger partial charge in [-0.25, -0.2) is 9.37 Å². The molecule has 3 rings (SSSR count). The maximum Gasteiger partial charge on any atom is 0.275 e. The van der Waals surface area contributed by atoms with Gasteiger partial charge < -0.3 is 10.4 Å². The number of rotatable bonds is 6. The van der Waals surface area contributed by atoms with Gasteiger partial charge in [-0.15, -0.1) is 0 Å². The second-order valence-electron chi connectivity index (χ2n) is 5.85. The number of hydrogen-bond acceptors (Lipinski definition) is 5. The van der Waals surface area contributed by atoms with Gasteiger partial charge in [0.15, 0.2) is 0 Å². The normalized spacial score (nSPS) is 12.1. The Morgan fingerprint density at radius 3 is 2.77 bits per heavy atom. The van der Waals surface area contributed by atoms with Crippen LogP contribution in [0.5, 0.6) is 0 Å². The van der Waals surface area contributed by atoms with E-state index in [1.807, 2.05) is 18.2 Å². The van der Waals surface area contributed by atoms with Crippen molar-refractivity contribution in [2.75, 3.05) is 12.4 Å². The Morgan fingerprint density at radius 1 is 1.23 bits per heavy atom. The molecule has 0 saturated carbocycles. The summed E-state index contributed by atoms with van der Waals surface area (Å²) >= 11 is 0. The molecule has 1 amide bonds. The molecule has 0 aliphatic heterocycles. The maximum atomic E-state index is 13.9. The summed E-state index contributed by atoms with van der Waals surface area (Å²) in [5.41, 5.74) is 2.39. The minimum absolute atomic E-state index is 0.181. The van der Waals surface area contributed by atoms with E-state index in [-0.39, 0.29) is 11.5 Å². The van der Waals surface area contributed by atoms with E-state index in [1.165, 1.54) is 18.3 Å². The fourth-order valence-electron chi connectivity index (χ4n) is 2.54. The largest absolute Gasteiger partial charge is 0.379 e. The summed E-state index contributed by atoms with van der Waals surface area (Å²) in [6, 6.07) is 11.6. The zero-order chi connectivity index (χ0) is 18.5. The zero-order valence-corrected chi connectivity index (χ0v) is 14.2. The second kappa shape index (κ2) is 7.99. The minimum Gasteiger partial charge on any atom is -0.379 e. The summed E-state index contributed by atoms with van der Waals surface area (Å²) in [6.45, 7) is 0. The molecule has 3 N–H and O–H groups in total. The van der Waals surface area contributed by atoms with Gasteiger partial charge in [-0.3, -0.25) is 15.1 Å². The van der Waals surface area contributed by atoms with E-state index in [1.54, 1.807) is 19.2 Å². The minimum atomic E-state index is -0.708. The molecule has 3 aromatic rings. The fraction of sp³-hybridized carbons (Fsp3) is 0.211. The molecule has 1 heterocycles. The first-order valence-corrected chi connectivity index (χ1v) is 8.23. The predicted molar refractivity (Wildman–Crippen MR) is 97.3 cm³/mol. The molecule has 0 saturated heterocycles. The molecule has 0 aliphatic carbocycles. The van der Waals surface area contributed by atoms with Gasteiger partial charge in [0.25, 0.3) is 5.91 Å². The number of fused-ring (bicyclic) bond motifs is 1. The van der Waals surface area contributed by atoms with E-state index in [4.69, 9.17) is 0 Å². The van der Waals surface area contributed by atoms with Crippen LogP contribution in [-0.4, -0.2) is 34.3 Å². The SMILES string of the molecule is CNC(O)CCc1cc(NC(=O)c2cnc3ccccc3n2)ccc1F. The summed E-state index contributed by atoms with van der Waals surface area (Å²) in [4.78, 5) is 20.9. The zero-order valence-electron chi connectivity index (χ0n) is 14.2. The number of para-hydroxylation sites is 2. The maximum absolute atomic E-state index is 13.9. The van der Waals surface area contributed by atoms with E-state index >= 15 is 0 Å². The van der Waals surface area contributed by atoms with Crippen molar-refractivity contribution in [3.63, 3.8) is 0 Å². The van der Waals surface area contributed by atoms with Crippen LogP contribution in [0.25, 0.3) is 11.0 Å². The van der Waals surface area contributed by atoms with Gasteiger partial charge in [-0.05, 0) is 55.8 Å². The third-order valence-electron chi connectivity index (χ3n) is 4.01. The first-order chi connectivity index (χ1) is 12.6. The quantitative estimate of drug-likeness (QED) is 0.592. The van der Waals surface area contributed by atoms with Gasteiger partial charge in [-0.2, -0.15) is 0 Å². The van der Waals surface area contributed by atoms with Crippen LogP contribution in [0, 0.1) is 5.82 Å². The summed E-state index contributed by atoms with van der Waals surface area (Å²) < 4.78 is 13.9. The average Bonchev–Trinajstić information content (AvgIpc) is 2.67. The van der Waals surface area contributed by atoms with Crippen LogP contribution in [0.15, 0.2) is 48.7 Å². The molecule has 26 heavy (non-hydrogen) atoms. The van der Waals surface area contributed by atoms with Crippen molar-refractivity contribution in [1.29, 1.82) is 0 Å². The Bertz CT molecular complexity index is 932. The molecule has 0 aliphatic rings. The predicted octanol–water partition coefficient (Wildman–Crippen LogP) is 2.49. The lowest BCUT2D eigenvalue weighted by Crippen LogP contribution is -2.24. The Hall–Kier alpha value is -2.90. The number of aliphatic hydroxyl groups excluding tert-OH is 1. The van der Waals surface area contributed by atoms with Gasteiger partial charge in [0.1, 0.15) is 17.7 Å². The van der Waals surface area contributed by atoms with E-state index in [0.29, 0.717) is 35.1 Å². The van der Waals surface area contributed by atoms with Crippen LogP contribution in [0.4, 0.5) is 10.1 Å². The topological polar surface area (TPSA) is 87.1 Å². The first-order valence-electron chi connectivity index (χ1n) is 8.23. The van der Waals surface area contributed by atoms with E-state index in [0.717, 1.165) is 0 Å². The number of amides is 1. The van der Waals surface area contributed by atoms with E-state index in [2.05, 4.69) is 20.6 Å². The van der Waals surface area contributed by atoms with Gasteiger partial charge in [0.05, 0.1) is 17.2 Å². The molecule has 2 aromatic carbocycles. The van der Waals surface area contributed by atoms with Gasteiger partial charge in [0.2, 0.25) is 0 Å². The number of anilines is 1. The molecule has 1 aromatic heterocycles. The van der Waals surface area contributed by atoms with Crippen molar-refractivity contribution < 1.29 is 14.3 Å². The highest BCUT2D eigenvalue weighted by Gasteiger charge is 2.12. The van der Waals surface area contributed by atoms with Crippen molar-refractivity contribution in [3.05, 3.63) is 65.7 Å². The van der Waals surface area contributed by atoms with Gasteiger partial charge >= 0.3 is 0 Å². The number of aromatic nitrogens is 2. The highest BCUT2D eigenvalue weighted by molar-refractivity contribution is 6.03. The lowest BCUT2D eigenvalue weighted by atomic mass is 10.1. The van der Waals surface area contributed by atoms with Crippen LogP contribution in [0.2, 0.25) is 0 Å². The third-order valence-corrected chi connectivity index (χ3v) is 4.01. The molecule has 134 valence electrons. The van der Waals surface area contributed by atoms with Crippen molar-refractivity contribution in [3.8, 4) is 0 Å². The number of carbonyl (C=O) groups is 1. The molecule has 7 heteroatoms. The highest BCUT2D eigenvalue weighted by atomic mass is 19.1. The van der Waals surface area contributed by atoms with Crippen LogP contribution in [0.3, 0.4) is 0 Å². The molecule has 0 radical (unpaired) electrons. The number of halogens is 1. The number of hydrogen-bond donors (Lipinski definition) is 3. The standard InChI is InChI=1S/C19H19FN4O2/c1-21-18(25)9-6-12-10-13(7-8-14(12)20)23-19(26)17-11-22-15-4-2-3-5-16(15)24-17/h2-5,7-8,10-11,18,21,25H,6,9H2,1H3,(H,23,26). The van der Waals surface area contributed by atoms with Crippen LogP contribution in [-0.2, 0) is 6.42 Å². The number of aliphatic hydroxyl groups is 1. The number of nitrogens with zero attached hydrogens (tertiary/aromatic N) is 2. The molecule has 6 nitrogen and oxygen atoms in total. The average molecular weight is 354 g/mol. The van der Waals surface area contributed by atoms with Crippen LogP contribution < -0.4 is 10.6 Å². The van der Waals surface area contributed by atoms with Crippen molar-refractivity contribution in [2.45, 2.75) is 19.1 Å². The van der Waals surface area contributed by atoms with Gasteiger partial charge in [-0.1, -0.05) is 12.1 Å². The molecular weight excluding hydrogens is 335 g/mol. The Labute approximate surface area is 150 Å². The number of benzene rings is 2. The fourth-order valence-corrected chi connectivity index (χ4v) is 2.54. The molecule has 0 spiro atoms. The molecule has 1 atom stereocenters. The number of nitrogens with one attached hydrogen (secondary N) is 2. The lowest BCUT2D eigenvalue weighted by molar-refractivity contribution is 0.102. The Balaban J connectivity index is 1.75. The summed E-state index contributed by atoms with van der Waals surface area (Å²) in [5, 5.41) is 14.9. The number of carbonyl (C=O) groups excluding carboxylic acids is 1. The molecular formula is C19H19FN4O2. The van der Waals surface area contributed by atoms with E-state index in [9.17, 15) is 14.3 Å².